The molecule has 0 radical (unpaired) electrons. The lowest BCUT2D eigenvalue weighted by Gasteiger charge is -2.04. The summed E-state index contributed by atoms with van der Waals surface area (Å²) in [5, 5.41) is 0. The number of hydrogen-bond donors (Lipinski definition) is 1. The molecule has 4 nitrogen and oxygen atoms in total. The largest absolute Gasteiger partial charge is 0.305 e. The Morgan fingerprint density at radius 1 is 1.40 bits per heavy atom. The van der Waals surface area contributed by atoms with Gasteiger partial charge in [0.25, 0.3) is 0 Å². The maximum absolute atomic E-state index is 11.8. The number of aryl methyl sites for hydroxylation is 1. The summed E-state index contributed by atoms with van der Waals surface area (Å²) >= 11 is 0. The normalized spacial score (nSPS) is 11.6. The van der Waals surface area contributed by atoms with Gasteiger partial charge >= 0.3 is 0 Å². The first kappa shape index (κ1) is 12.2. The lowest BCUT2D eigenvalue weighted by molar-refractivity contribution is 0.139. The molecule has 0 aliphatic rings. The topological polar surface area (TPSA) is 69.4 Å². The lowest BCUT2D eigenvalue weighted by atomic mass is 10.2. The van der Waals surface area contributed by atoms with Gasteiger partial charge in [0.1, 0.15) is 0 Å². The summed E-state index contributed by atoms with van der Waals surface area (Å²) in [4.78, 5) is 4.69. The molecule has 0 spiro atoms. The fraction of sp³-hybridized carbons (Fsp3) is 0.400. The molecule has 1 rings (SSSR count). The zero-order valence-corrected chi connectivity index (χ0v) is 9.46. The van der Waals surface area contributed by atoms with Crippen LogP contribution in [0.25, 0.3) is 0 Å². The minimum Gasteiger partial charge on any atom is -0.305 e. The second-order valence-electron chi connectivity index (χ2n) is 3.36. The van der Waals surface area contributed by atoms with Crippen LogP contribution in [-0.4, -0.2) is 20.8 Å². The van der Waals surface area contributed by atoms with E-state index in [4.69, 9.17) is 5.90 Å². The van der Waals surface area contributed by atoms with Crippen LogP contribution < -0.4 is 5.90 Å². The molecule has 15 heavy (non-hydrogen) atoms. The van der Waals surface area contributed by atoms with Crippen LogP contribution in [0.1, 0.15) is 12.0 Å². The Morgan fingerprint density at radius 3 is 2.73 bits per heavy atom. The van der Waals surface area contributed by atoms with Crippen LogP contribution in [0.2, 0.25) is 0 Å². The Balaban J connectivity index is 2.77. The van der Waals surface area contributed by atoms with Crippen molar-refractivity contribution in [3.8, 4) is 0 Å². The van der Waals surface area contributed by atoms with Gasteiger partial charge in [-0.2, -0.15) is 0 Å². The molecule has 0 saturated heterocycles. The summed E-state index contributed by atoms with van der Waals surface area (Å²) in [5.41, 5.74) is 0.936. The van der Waals surface area contributed by atoms with E-state index in [0.717, 1.165) is 5.56 Å². The van der Waals surface area contributed by atoms with Crippen LogP contribution in [0.3, 0.4) is 0 Å². The van der Waals surface area contributed by atoms with Gasteiger partial charge in [0.15, 0.2) is 9.84 Å². The number of nitrogens with two attached hydrogens (primary N) is 1. The van der Waals surface area contributed by atoms with Crippen molar-refractivity contribution in [3.05, 3.63) is 29.8 Å². The van der Waals surface area contributed by atoms with Crippen molar-refractivity contribution in [1.82, 2.24) is 0 Å². The van der Waals surface area contributed by atoms with E-state index in [2.05, 4.69) is 4.84 Å². The minimum atomic E-state index is -3.19. The molecule has 1 aromatic carbocycles. The van der Waals surface area contributed by atoms with Crippen molar-refractivity contribution < 1.29 is 13.3 Å². The fourth-order valence-electron chi connectivity index (χ4n) is 1.26. The van der Waals surface area contributed by atoms with Gasteiger partial charge in [-0.05, 0) is 31.0 Å². The van der Waals surface area contributed by atoms with Gasteiger partial charge in [-0.25, -0.2) is 14.3 Å². The molecular weight excluding hydrogens is 214 g/mol. The van der Waals surface area contributed by atoms with Crippen LogP contribution in [0.15, 0.2) is 29.2 Å². The molecule has 1 aromatic rings. The first-order chi connectivity index (χ1) is 7.06. The van der Waals surface area contributed by atoms with E-state index in [1.165, 1.54) is 0 Å². The molecule has 2 N–H and O–H groups in total. The second kappa shape index (κ2) is 5.25. The SMILES string of the molecule is Cc1cccc(S(=O)(=O)CCCON)c1. The Kier molecular flexibility index (Phi) is 4.26. The highest BCUT2D eigenvalue weighted by Crippen LogP contribution is 2.13. The van der Waals surface area contributed by atoms with Crippen LogP contribution in [0.4, 0.5) is 0 Å². The van der Waals surface area contributed by atoms with Gasteiger partial charge in [-0.1, -0.05) is 12.1 Å². The third kappa shape index (κ3) is 3.62. The predicted octanol–water partition coefficient (Wildman–Crippen LogP) is 1.05. The molecule has 0 unspecified atom stereocenters. The molecule has 0 amide bonds. The van der Waals surface area contributed by atoms with Crippen molar-refractivity contribution in [2.45, 2.75) is 18.2 Å². The zero-order valence-electron chi connectivity index (χ0n) is 8.64. The number of sulfone groups is 1. The van der Waals surface area contributed by atoms with Gasteiger partial charge in [0.2, 0.25) is 0 Å². The van der Waals surface area contributed by atoms with Crippen molar-refractivity contribution in [3.63, 3.8) is 0 Å². The summed E-state index contributed by atoms with van der Waals surface area (Å²) in [7, 11) is -3.19. The van der Waals surface area contributed by atoms with Gasteiger partial charge in [0, 0.05) is 0 Å². The number of rotatable bonds is 5. The molecule has 0 heterocycles. The monoisotopic (exact) mass is 229 g/mol. The molecular formula is C10H15NO3S. The fourth-order valence-corrected chi connectivity index (χ4v) is 2.64. The summed E-state index contributed by atoms with van der Waals surface area (Å²) in [6, 6.07) is 6.87. The molecule has 0 fully saturated rings. The molecule has 0 aliphatic carbocycles. The van der Waals surface area contributed by atoms with E-state index in [1.54, 1.807) is 18.2 Å². The maximum atomic E-state index is 11.8. The molecule has 0 atom stereocenters. The summed E-state index contributed by atoms with van der Waals surface area (Å²) in [6.45, 7) is 2.12. The van der Waals surface area contributed by atoms with Crippen LogP contribution >= 0.6 is 0 Å². The van der Waals surface area contributed by atoms with E-state index in [1.807, 2.05) is 13.0 Å². The minimum absolute atomic E-state index is 0.0631. The van der Waals surface area contributed by atoms with Gasteiger partial charge < -0.3 is 4.84 Å². The van der Waals surface area contributed by atoms with Gasteiger partial charge in [-0.15, -0.1) is 0 Å². The average Bonchev–Trinajstić information content (AvgIpc) is 2.18. The van der Waals surface area contributed by atoms with E-state index >= 15 is 0 Å². The van der Waals surface area contributed by atoms with E-state index in [9.17, 15) is 8.42 Å². The average molecular weight is 229 g/mol. The predicted molar refractivity (Wildman–Crippen MR) is 58.0 cm³/mol. The third-order valence-corrected chi connectivity index (χ3v) is 3.82. The quantitative estimate of drug-likeness (QED) is 0.605. The van der Waals surface area contributed by atoms with Crippen molar-refractivity contribution >= 4 is 9.84 Å². The highest BCUT2D eigenvalue weighted by molar-refractivity contribution is 7.91. The highest BCUT2D eigenvalue weighted by Gasteiger charge is 2.13. The van der Waals surface area contributed by atoms with Crippen LogP contribution in [0, 0.1) is 6.92 Å². The zero-order chi connectivity index (χ0) is 11.3. The smallest absolute Gasteiger partial charge is 0.178 e. The van der Waals surface area contributed by atoms with E-state index in [0.29, 0.717) is 11.3 Å². The lowest BCUT2D eigenvalue weighted by Crippen LogP contribution is -2.11. The number of hydrogen-bond acceptors (Lipinski definition) is 4. The molecule has 0 saturated carbocycles. The van der Waals surface area contributed by atoms with Crippen LogP contribution in [-0.2, 0) is 14.7 Å². The Morgan fingerprint density at radius 2 is 2.13 bits per heavy atom. The first-order valence-corrected chi connectivity index (χ1v) is 6.32. The molecule has 84 valence electrons. The van der Waals surface area contributed by atoms with Gasteiger partial charge in [0.05, 0.1) is 17.3 Å². The maximum Gasteiger partial charge on any atom is 0.178 e. The second-order valence-corrected chi connectivity index (χ2v) is 5.47. The summed E-state index contributed by atoms with van der Waals surface area (Å²) in [6.07, 6.45) is 0.409. The molecule has 5 heteroatoms. The van der Waals surface area contributed by atoms with Crippen molar-refractivity contribution in [1.29, 1.82) is 0 Å². The summed E-state index contributed by atoms with van der Waals surface area (Å²) in [5.74, 6) is 4.89. The van der Waals surface area contributed by atoms with E-state index < -0.39 is 9.84 Å². The van der Waals surface area contributed by atoms with E-state index in [-0.39, 0.29) is 12.4 Å². The highest BCUT2D eigenvalue weighted by atomic mass is 32.2. The Bertz CT molecular complexity index is 414. The molecule has 0 bridgehead atoms. The summed E-state index contributed by atoms with van der Waals surface area (Å²) < 4.78 is 23.5. The molecule has 0 aliphatic heterocycles. The van der Waals surface area contributed by atoms with Gasteiger partial charge in [-0.3, -0.25) is 0 Å². The Labute approximate surface area is 89.9 Å². The Hall–Kier alpha value is -0.910. The molecule has 0 aromatic heterocycles. The standard InChI is InChI=1S/C10H15NO3S/c1-9-4-2-5-10(8-9)15(12,13)7-3-6-14-11/h2,4-5,8H,3,6-7,11H2,1H3. The van der Waals surface area contributed by atoms with Crippen molar-refractivity contribution in [2.75, 3.05) is 12.4 Å². The van der Waals surface area contributed by atoms with Crippen LogP contribution in [0.5, 0.6) is 0 Å². The number of benzene rings is 1. The third-order valence-electron chi connectivity index (χ3n) is 2.02. The first-order valence-electron chi connectivity index (χ1n) is 4.67. The van der Waals surface area contributed by atoms with Crippen molar-refractivity contribution in [2.24, 2.45) is 5.90 Å².